The molecule has 176 valence electrons. The molecule has 1 aliphatic rings. The normalized spacial score (nSPS) is 13.4. The zero-order valence-corrected chi connectivity index (χ0v) is 20.4. The van der Waals surface area contributed by atoms with Gasteiger partial charge in [-0.1, -0.05) is 53.6 Å². The molecule has 4 rings (SSSR count). The summed E-state index contributed by atoms with van der Waals surface area (Å²) in [4.78, 5) is 14.7. The first kappa shape index (κ1) is 23.8. The van der Waals surface area contributed by atoms with E-state index in [0.29, 0.717) is 13.1 Å². The summed E-state index contributed by atoms with van der Waals surface area (Å²) in [5, 5.41) is 3.47. The maximum absolute atomic E-state index is 12.8. The number of benzene rings is 3. The van der Waals surface area contributed by atoms with E-state index in [4.69, 9.17) is 4.74 Å². The van der Waals surface area contributed by atoms with E-state index < -0.39 is 0 Å². The number of piperidine rings is 1. The Labute approximate surface area is 203 Å². The van der Waals surface area contributed by atoms with E-state index in [1.807, 2.05) is 55.1 Å². The largest absolute Gasteiger partial charge is 0.457 e. The molecule has 0 unspecified atom stereocenters. The zero-order valence-electron chi connectivity index (χ0n) is 20.4. The Bertz CT molecular complexity index is 1140. The number of nitrogens with zero attached hydrogens (tertiary/aromatic N) is 1. The molecule has 34 heavy (non-hydrogen) atoms. The second-order valence-electron chi connectivity index (χ2n) is 8.69. The van der Waals surface area contributed by atoms with Crippen molar-refractivity contribution >= 4 is 11.5 Å². The van der Waals surface area contributed by atoms with Crippen molar-refractivity contribution in [2.24, 2.45) is 0 Å². The average molecular weight is 455 g/mol. The summed E-state index contributed by atoms with van der Waals surface area (Å²) in [6.45, 7) is 9.47. The Morgan fingerprint density at radius 1 is 0.853 bits per heavy atom. The molecule has 0 bridgehead atoms. The Balaban J connectivity index is 1.74. The van der Waals surface area contributed by atoms with Gasteiger partial charge in [0.05, 0.1) is 0 Å². The number of rotatable bonds is 7. The molecule has 4 nitrogen and oxygen atoms in total. The number of amides is 1. The maximum Gasteiger partial charge on any atom is 0.253 e. The number of aryl methyl sites for hydroxylation is 1. The van der Waals surface area contributed by atoms with Gasteiger partial charge in [0.1, 0.15) is 11.5 Å². The quantitative estimate of drug-likeness (QED) is 0.446. The number of ether oxygens (including phenoxy) is 1. The highest BCUT2D eigenvalue weighted by molar-refractivity contribution is 5.95. The number of nitrogens with one attached hydrogen (secondary N) is 1. The van der Waals surface area contributed by atoms with Crippen molar-refractivity contribution in [3.8, 4) is 11.5 Å². The minimum Gasteiger partial charge on any atom is -0.457 e. The van der Waals surface area contributed by atoms with Crippen LogP contribution in [-0.2, 0) is 0 Å². The van der Waals surface area contributed by atoms with Gasteiger partial charge in [0.25, 0.3) is 5.91 Å². The first-order chi connectivity index (χ1) is 16.6. The maximum atomic E-state index is 12.8. The van der Waals surface area contributed by atoms with Crippen molar-refractivity contribution in [1.29, 1.82) is 0 Å². The Kier molecular flexibility index (Phi) is 7.81. The van der Waals surface area contributed by atoms with E-state index in [2.05, 4.69) is 48.6 Å². The molecule has 1 fully saturated rings. The highest BCUT2D eigenvalue weighted by Gasteiger charge is 2.19. The van der Waals surface area contributed by atoms with Crippen LogP contribution in [0.4, 0.5) is 0 Å². The van der Waals surface area contributed by atoms with Crippen LogP contribution in [0.3, 0.4) is 0 Å². The Morgan fingerprint density at radius 3 is 2.12 bits per heavy atom. The SMILES string of the molecule is CCN(CC)C(=O)c1ccc(C(=C2CCNCC2)c2ccccc2Oc2ccc(C)cc2)cc1. The Morgan fingerprint density at radius 2 is 1.47 bits per heavy atom. The summed E-state index contributed by atoms with van der Waals surface area (Å²) >= 11 is 0. The minimum atomic E-state index is 0.0794. The van der Waals surface area contributed by atoms with Gasteiger partial charge in [-0.05, 0) is 88.2 Å². The van der Waals surface area contributed by atoms with Crippen molar-refractivity contribution in [2.45, 2.75) is 33.6 Å². The number of hydrogen-bond donors (Lipinski definition) is 1. The summed E-state index contributed by atoms with van der Waals surface area (Å²) in [5.41, 5.74) is 6.77. The first-order valence-corrected chi connectivity index (χ1v) is 12.3. The van der Waals surface area contributed by atoms with E-state index in [1.165, 1.54) is 16.7 Å². The molecule has 4 heteroatoms. The van der Waals surface area contributed by atoms with Gasteiger partial charge in [0.15, 0.2) is 0 Å². The van der Waals surface area contributed by atoms with Crippen LogP contribution in [0.2, 0.25) is 0 Å². The molecule has 1 saturated heterocycles. The lowest BCUT2D eigenvalue weighted by molar-refractivity contribution is 0.0773. The van der Waals surface area contributed by atoms with Gasteiger partial charge in [-0.2, -0.15) is 0 Å². The lowest BCUT2D eigenvalue weighted by Crippen LogP contribution is -2.30. The molecule has 0 aromatic heterocycles. The van der Waals surface area contributed by atoms with E-state index in [0.717, 1.165) is 54.1 Å². The molecule has 0 spiro atoms. The number of hydrogen-bond acceptors (Lipinski definition) is 3. The fourth-order valence-corrected chi connectivity index (χ4v) is 4.50. The molecular weight excluding hydrogens is 420 g/mol. The predicted molar refractivity (Wildman–Crippen MR) is 140 cm³/mol. The molecular formula is C30H34N2O2. The van der Waals surface area contributed by atoms with Gasteiger partial charge in [-0.25, -0.2) is 0 Å². The molecule has 3 aromatic rings. The van der Waals surface area contributed by atoms with Crippen molar-refractivity contribution in [3.05, 3.63) is 101 Å². The summed E-state index contributed by atoms with van der Waals surface area (Å²) < 4.78 is 6.37. The molecule has 3 aromatic carbocycles. The highest BCUT2D eigenvalue weighted by Crippen LogP contribution is 2.38. The molecule has 0 saturated carbocycles. The second kappa shape index (κ2) is 11.2. The Hall–Kier alpha value is -3.37. The third-order valence-electron chi connectivity index (χ3n) is 6.44. The standard InChI is InChI=1S/C30H34N2O2/c1-4-32(5-2)30(33)25-14-12-23(13-15-25)29(24-18-20-31-21-19-24)27-8-6-7-9-28(27)34-26-16-10-22(3)11-17-26/h6-17,31H,4-5,18-21H2,1-3H3. The number of carbonyl (C=O) groups is 1. The van der Waals surface area contributed by atoms with E-state index in [9.17, 15) is 4.79 Å². The van der Waals surface area contributed by atoms with Crippen molar-refractivity contribution in [2.75, 3.05) is 26.2 Å². The van der Waals surface area contributed by atoms with E-state index >= 15 is 0 Å². The van der Waals surface area contributed by atoms with Gasteiger partial charge < -0.3 is 15.0 Å². The second-order valence-corrected chi connectivity index (χ2v) is 8.69. The first-order valence-electron chi connectivity index (χ1n) is 12.3. The van der Waals surface area contributed by atoms with Crippen LogP contribution in [0.1, 0.15) is 53.7 Å². The molecule has 1 amide bonds. The molecule has 1 aliphatic heterocycles. The summed E-state index contributed by atoms with van der Waals surface area (Å²) in [5.74, 6) is 1.75. The molecule has 0 aliphatic carbocycles. The van der Waals surface area contributed by atoms with Crippen LogP contribution >= 0.6 is 0 Å². The highest BCUT2D eigenvalue weighted by atomic mass is 16.5. The fourth-order valence-electron chi connectivity index (χ4n) is 4.50. The monoisotopic (exact) mass is 454 g/mol. The van der Waals surface area contributed by atoms with Crippen molar-refractivity contribution in [3.63, 3.8) is 0 Å². The smallest absolute Gasteiger partial charge is 0.253 e. The lowest BCUT2D eigenvalue weighted by Gasteiger charge is -2.23. The van der Waals surface area contributed by atoms with Crippen molar-refractivity contribution in [1.82, 2.24) is 10.2 Å². The summed E-state index contributed by atoms with van der Waals surface area (Å²) in [6, 6.07) is 24.5. The molecule has 1 N–H and O–H groups in total. The number of para-hydroxylation sites is 1. The van der Waals surface area contributed by atoms with Crippen LogP contribution in [0.5, 0.6) is 11.5 Å². The fraction of sp³-hybridized carbons (Fsp3) is 0.300. The van der Waals surface area contributed by atoms with Gasteiger partial charge >= 0.3 is 0 Å². The zero-order chi connectivity index (χ0) is 23.9. The van der Waals surface area contributed by atoms with Gasteiger partial charge in [-0.3, -0.25) is 4.79 Å². The summed E-state index contributed by atoms with van der Waals surface area (Å²) in [6.07, 6.45) is 1.99. The van der Waals surface area contributed by atoms with Crippen LogP contribution in [0, 0.1) is 6.92 Å². The van der Waals surface area contributed by atoms with Crippen molar-refractivity contribution < 1.29 is 9.53 Å². The third-order valence-corrected chi connectivity index (χ3v) is 6.44. The van der Waals surface area contributed by atoms with Crippen LogP contribution in [-0.4, -0.2) is 37.0 Å². The topological polar surface area (TPSA) is 41.6 Å². The summed E-state index contributed by atoms with van der Waals surface area (Å²) in [7, 11) is 0. The van der Waals surface area contributed by atoms with Crippen LogP contribution in [0.25, 0.3) is 5.57 Å². The average Bonchev–Trinajstić information content (AvgIpc) is 2.88. The third kappa shape index (κ3) is 5.40. The predicted octanol–water partition coefficient (Wildman–Crippen LogP) is 6.45. The molecule has 1 heterocycles. The van der Waals surface area contributed by atoms with E-state index in [1.54, 1.807) is 0 Å². The molecule has 0 radical (unpaired) electrons. The van der Waals surface area contributed by atoms with Crippen LogP contribution in [0.15, 0.2) is 78.4 Å². The van der Waals surface area contributed by atoms with Gasteiger partial charge in [-0.15, -0.1) is 0 Å². The van der Waals surface area contributed by atoms with Crippen LogP contribution < -0.4 is 10.1 Å². The molecule has 0 atom stereocenters. The minimum absolute atomic E-state index is 0.0794. The van der Waals surface area contributed by atoms with Gasteiger partial charge in [0.2, 0.25) is 0 Å². The van der Waals surface area contributed by atoms with E-state index in [-0.39, 0.29) is 5.91 Å². The number of carbonyl (C=O) groups excluding carboxylic acids is 1. The lowest BCUT2D eigenvalue weighted by atomic mass is 9.88. The van der Waals surface area contributed by atoms with Gasteiger partial charge in [0, 0.05) is 24.2 Å².